The minimum absolute atomic E-state index is 0. The average Bonchev–Trinajstić information content (AvgIpc) is 2.38. The zero-order valence-electron chi connectivity index (χ0n) is 12.4. The molecule has 0 amide bonds. The summed E-state index contributed by atoms with van der Waals surface area (Å²) in [5, 5.41) is 20.4. The number of halogens is 1. The van der Waals surface area contributed by atoms with Crippen LogP contribution in [0.2, 0.25) is 0 Å². The molecule has 0 spiro atoms. The third-order valence-electron chi connectivity index (χ3n) is 4.21. The van der Waals surface area contributed by atoms with Crippen molar-refractivity contribution in [1.29, 1.82) is 0 Å². The Balaban J connectivity index is 0.00000200. The van der Waals surface area contributed by atoms with Gasteiger partial charge in [0, 0.05) is 12.5 Å². The van der Waals surface area contributed by atoms with E-state index < -0.39 is 5.60 Å². The quantitative estimate of drug-likeness (QED) is 0.897. The second-order valence-electron chi connectivity index (χ2n) is 6.07. The Kier molecular flexibility index (Phi) is 6.31. The van der Waals surface area contributed by atoms with Crippen molar-refractivity contribution >= 4 is 12.4 Å². The molecule has 0 aromatic heterocycles. The fraction of sp³-hybridized carbons (Fsp3) is 0.625. The molecule has 1 saturated carbocycles. The molecule has 0 bridgehead atoms. The predicted octanol–water partition coefficient (Wildman–Crippen LogP) is 3.15. The van der Waals surface area contributed by atoms with E-state index in [9.17, 15) is 10.2 Å². The smallest absolute Gasteiger partial charge is 0.115 e. The van der Waals surface area contributed by atoms with Gasteiger partial charge in [-0.25, -0.2) is 0 Å². The minimum Gasteiger partial charge on any atom is -0.508 e. The summed E-state index contributed by atoms with van der Waals surface area (Å²) in [4.78, 5) is 2.13. The van der Waals surface area contributed by atoms with Crippen molar-refractivity contribution in [1.82, 2.24) is 4.90 Å². The molecule has 1 aliphatic carbocycles. The van der Waals surface area contributed by atoms with Gasteiger partial charge >= 0.3 is 0 Å². The number of aromatic hydroxyl groups is 1. The molecule has 1 aromatic carbocycles. The van der Waals surface area contributed by atoms with Crippen molar-refractivity contribution in [3.8, 4) is 5.75 Å². The number of hydrogen-bond acceptors (Lipinski definition) is 3. The van der Waals surface area contributed by atoms with Crippen molar-refractivity contribution < 1.29 is 10.2 Å². The SMILES string of the molecule is CN(C)CC(c1ccc(O)cc1)C1(O)CCCCC1.Cl. The normalized spacial score (nSPS) is 19.4. The van der Waals surface area contributed by atoms with E-state index in [4.69, 9.17) is 0 Å². The van der Waals surface area contributed by atoms with E-state index in [2.05, 4.69) is 4.90 Å². The van der Waals surface area contributed by atoms with Crippen LogP contribution in [0.5, 0.6) is 5.75 Å². The first-order chi connectivity index (χ1) is 9.01. The van der Waals surface area contributed by atoms with Gasteiger partial charge in [-0.3, -0.25) is 0 Å². The molecule has 3 nitrogen and oxygen atoms in total. The Labute approximate surface area is 128 Å². The Hall–Kier alpha value is -0.770. The van der Waals surface area contributed by atoms with Gasteiger partial charge in [-0.05, 0) is 44.6 Å². The molecule has 0 heterocycles. The van der Waals surface area contributed by atoms with Crippen LogP contribution in [-0.2, 0) is 0 Å². The summed E-state index contributed by atoms with van der Waals surface area (Å²) >= 11 is 0. The van der Waals surface area contributed by atoms with Gasteiger partial charge in [0.2, 0.25) is 0 Å². The first kappa shape index (κ1) is 17.3. The Morgan fingerprint density at radius 3 is 2.15 bits per heavy atom. The number of rotatable bonds is 4. The topological polar surface area (TPSA) is 43.7 Å². The van der Waals surface area contributed by atoms with Crippen LogP contribution in [-0.4, -0.2) is 41.4 Å². The highest BCUT2D eigenvalue weighted by Gasteiger charge is 2.38. The molecule has 20 heavy (non-hydrogen) atoms. The van der Waals surface area contributed by atoms with Crippen LogP contribution in [0.3, 0.4) is 0 Å². The Bertz CT molecular complexity index is 399. The summed E-state index contributed by atoms with van der Waals surface area (Å²) in [6.45, 7) is 0.835. The minimum atomic E-state index is -0.598. The summed E-state index contributed by atoms with van der Waals surface area (Å²) in [6.07, 6.45) is 5.21. The van der Waals surface area contributed by atoms with Crippen LogP contribution in [0.15, 0.2) is 24.3 Å². The maximum Gasteiger partial charge on any atom is 0.115 e. The van der Waals surface area contributed by atoms with Crippen LogP contribution in [0.1, 0.15) is 43.6 Å². The van der Waals surface area contributed by atoms with Gasteiger partial charge in [-0.2, -0.15) is 0 Å². The molecule has 2 rings (SSSR count). The van der Waals surface area contributed by atoms with Gasteiger partial charge in [0.05, 0.1) is 5.60 Å². The van der Waals surface area contributed by atoms with Crippen molar-refractivity contribution in [3.05, 3.63) is 29.8 Å². The standard InChI is InChI=1S/C16H25NO2.ClH/c1-17(2)12-15(13-6-8-14(18)9-7-13)16(19)10-4-3-5-11-16;/h6-9,15,18-19H,3-5,10-12H2,1-2H3;1H. The number of phenolic OH excluding ortho intramolecular Hbond substituents is 1. The van der Waals surface area contributed by atoms with E-state index in [1.807, 2.05) is 26.2 Å². The molecular weight excluding hydrogens is 274 g/mol. The monoisotopic (exact) mass is 299 g/mol. The zero-order chi connectivity index (χ0) is 13.9. The summed E-state index contributed by atoms with van der Waals surface area (Å²) in [5.41, 5.74) is 0.523. The van der Waals surface area contributed by atoms with Gasteiger partial charge < -0.3 is 15.1 Å². The fourth-order valence-corrected chi connectivity index (χ4v) is 3.17. The van der Waals surface area contributed by atoms with E-state index in [0.29, 0.717) is 0 Å². The van der Waals surface area contributed by atoms with E-state index in [1.165, 1.54) is 6.42 Å². The molecule has 1 atom stereocenters. The molecule has 0 saturated heterocycles. The van der Waals surface area contributed by atoms with Crippen LogP contribution < -0.4 is 0 Å². The molecular formula is C16H26ClNO2. The van der Waals surface area contributed by atoms with E-state index >= 15 is 0 Å². The highest BCUT2D eigenvalue weighted by molar-refractivity contribution is 5.85. The lowest BCUT2D eigenvalue weighted by atomic mass is 9.72. The summed E-state index contributed by atoms with van der Waals surface area (Å²) in [5.74, 6) is 0.395. The van der Waals surface area contributed by atoms with Gasteiger partial charge in [0.15, 0.2) is 0 Å². The van der Waals surface area contributed by atoms with Gasteiger partial charge in [-0.15, -0.1) is 12.4 Å². The van der Waals surface area contributed by atoms with Crippen molar-refractivity contribution in [2.75, 3.05) is 20.6 Å². The maximum atomic E-state index is 11.0. The van der Waals surface area contributed by atoms with E-state index in [0.717, 1.165) is 37.8 Å². The molecule has 0 radical (unpaired) electrons. The van der Waals surface area contributed by atoms with E-state index in [1.54, 1.807) is 12.1 Å². The number of likely N-dealkylation sites (N-methyl/N-ethyl adjacent to an activating group) is 1. The molecule has 1 fully saturated rings. The maximum absolute atomic E-state index is 11.0. The largest absolute Gasteiger partial charge is 0.508 e. The summed E-state index contributed by atoms with van der Waals surface area (Å²) in [6, 6.07) is 7.31. The number of phenols is 1. The Morgan fingerprint density at radius 1 is 1.10 bits per heavy atom. The third-order valence-corrected chi connectivity index (χ3v) is 4.21. The lowest BCUT2D eigenvalue weighted by molar-refractivity contribution is -0.0277. The van der Waals surface area contributed by atoms with Crippen LogP contribution >= 0.6 is 12.4 Å². The highest BCUT2D eigenvalue weighted by atomic mass is 35.5. The summed E-state index contributed by atoms with van der Waals surface area (Å²) in [7, 11) is 4.08. The van der Waals surface area contributed by atoms with Crippen LogP contribution in [0.25, 0.3) is 0 Å². The van der Waals surface area contributed by atoms with E-state index in [-0.39, 0.29) is 24.1 Å². The number of hydrogen-bond donors (Lipinski definition) is 2. The van der Waals surface area contributed by atoms with Crippen molar-refractivity contribution in [2.24, 2.45) is 0 Å². The lowest BCUT2D eigenvalue weighted by Gasteiger charge is -2.40. The molecule has 114 valence electrons. The Morgan fingerprint density at radius 2 is 1.65 bits per heavy atom. The molecule has 0 aliphatic heterocycles. The molecule has 4 heteroatoms. The third kappa shape index (κ3) is 4.11. The first-order valence-electron chi connectivity index (χ1n) is 7.17. The van der Waals surface area contributed by atoms with Crippen molar-refractivity contribution in [2.45, 2.75) is 43.6 Å². The number of nitrogens with zero attached hydrogens (tertiary/aromatic N) is 1. The summed E-state index contributed by atoms with van der Waals surface area (Å²) < 4.78 is 0. The predicted molar refractivity (Wildman–Crippen MR) is 84.7 cm³/mol. The fourth-order valence-electron chi connectivity index (χ4n) is 3.17. The van der Waals surface area contributed by atoms with Gasteiger partial charge in [0.1, 0.15) is 5.75 Å². The second-order valence-corrected chi connectivity index (χ2v) is 6.07. The number of aliphatic hydroxyl groups is 1. The first-order valence-corrected chi connectivity index (χ1v) is 7.17. The van der Waals surface area contributed by atoms with Crippen LogP contribution in [0.4, 0.5) is 0 Å². The van der Waals surface area contributed by atoms with Crippen molar-refractivity contribution in [3.63, 3.8) is 0 Å². The number of benzene rings is 1. The van der Waals surface area contributed by atoms with Gasteiger partial charge in [0.25, 0.3) is 0 Å². The average molecular weight is 300 g/mol. The second kappa shape index (κ2) is 7.30. The molecule has 1 aliphatic rings. The molecule has 1 unspecified atom stereocenters. The lowest BCUT2D eigenvalue weighted by Crippen LogP contribution is -2.42. The van der Waals surface area contributed by atoms with Gasteiger partial charge in [-0.1, -0.05) is 31.4 Å². The zero-order valence-corrected chi connectivity index (χ0v) is 13.2. The highest BCUT2D eigenvalue weighted by Crippen LogP contribution is 2.40. The van der Waals surface area contributed by atoms with Crippen LogP contribution in [0, 0.1) is 0 Å². The molecule has 2 N–H and O–H groups in total. The molecule has 1 aromatic rings.